The summed E-state index contributed by atoms with van der Waals surface area (Å²) in [6.07, 6.45) is 0.574. The third kappa shape index (κ3) is 6.68. The first-order valence-corrected chi connectivity index (χ1v) is 9.96. The molecule has 6 heteroatoms. The molecule has 1 aliphatic rings. The maximum Gasteiger partial charge on any atom is 0.123 e. The number of benzene rings is 2. The van der Waals surface area contributed by atoms with Crippen LogP contribution in [-0.4, -0.2) is 47.5 Å². The van der Waals surface area contributed by atoms with Crippen molar-refractivity contribution in [2.24, 2.45) is 5.92 Å². The van der Waals surface area contributed by atoms with E-state index in [1.807, 2.05) is 32.0 Å². The smallest absolute Gasteiger partial charge is 0.123 e. The molecule has 160 valence electrons. The van der Waals surface area contributed by atoms with E-state index >= 15 is 0 Å². The minimum atomic E-state index is -0.569. The van der Waals surface area contributed by atoms with Gasteiger partial charge < -0.3 is 19.8 Å². The summed E-state index contributed by atoms with van der Waals surface area (Å²) in [7, 11) is 0. The lowest BCUT2D eigenvalue weighted by atomic mass is 9.87. The highest BCUT2D eigenvalue weighted by Crippen LogP contribution is 2.30. The highest BCUT2D eigenvalue weighted by atomic mass is 35.5. The van der Waals surface area contributed by atoms with Gasteiger partial charge in [-0.3, -0.25) is 0 Å². The minimum absolute atomic E-state index is 0. The quantitative estimate of drug-likeness (QED) is 0.705. The van der Waals surface area contributed by atoms with E-state index in [1.165, 1.54) is 12.1 Å². The zero-order valence-corrected chi connectivity index (χ0v) is 17.9. The van der Waals surface area contributed by atoms with Crippen LogP contribution in [0.25, 0.3) is 0 Å². The number of rotatable bonds is 7. The molecular weight excluding hydrogens is 393 g/mol. The van der Waals surface area contributed by atoms with E-state index in [0.717, 1.165) is 48.4 Å². The number of β-amino-alcohol motifs (C(OH)–C–C–N with tert-alkyl or cyclic N) is 1. The predicted molar refractivity (Wildman–Crippen MR) is 115 cm³/mol. The van der Waals surface area contributed by atoms with Crippen molar-refractivity contribution in [1.29, 1.82) is 0 Å². The standard InChI is InChI=1S/C23H30FNO3.ClH/c1-16-3-4-17(2)22(13-16)28-15-21(26)14-25-11-9-19(10-12-25)23(27)18-5-7-20(24)8-6-18;/h3-8,13,19,21,23,26-27H,9-12,14-15H2,1-2H3;1H. The Bertz CT molecular complexity index is 763. The number of piperidine rings is 1. The summed E-state index contributed by atoms with van der Waals surface area (Å²) in [5, 5.41) is 20.9. The molecule has 0 saturated carbocycles. The molecule has 3 rings (SSSR count). The second-order valence-corrected chi connectivity index (χ2v) is 7.87. The van der Waals surface area contributed by atoms with Gasteiger partial charge in [0.05, 0.1) is 6.10 Å². The first-order chi connectivity index (χ1) is 13.4. The molecule has 0 radical (unpaired) electrons. The molecular formula is C23H31ClFNO3. The maximum absolute atomic E-state index is 13.1. The van der Waals surface area contributed by atoms with Crippen molar-refractivity contribution in [3.8, 4) is 5.75 Å². The fourth-order valence-electron chi connectivity index (χ4n) is 3.78. The van der Waals surface area contributed by atoms with Gasteiger partial charge in [0.15, 0.2) is 0 Å². The highest BCUT2D eigenvalue weighted by molar-refractivity contribution is 5.85. The number of hydrogen-bond donors (Lipinski definition) is 2. The van der Waals surface area contributed by atoms with Crippen LogP contribution in [0.15, 0.2) is 42.5 Å². The van der Waals surface area contributed by atoms with E-state index in [4.69, 9.17) is 4.74 Å². The molecule has 2 aromatic rings. The predicted octanol–water partition coefficient (Wildman–Crippen LogP) is 4.05. The van der Waals surface area contributed by atoms with Gasteiger partial charge in [-0.15, -0.1) is 12.4 Å². The Morgan fingerprint density at radius 2 is 1.72 bits per heavy atom. The summed E-state index contributed by atoms with van der Waals surface area (Å²) in [5.41, 5.74) is 2.96. The first kappa shape index (κ1) is 23.6. The maximum atomic E-state index is 13.1. The van der Waals surface area contributed by atoms with Gasteiger partial charge >= 0.3 is 0 Å². The van der Waals surface area contributed by atoms with E-state index in [2.05, 4.69) is 4.90 Å². The Hall–Kier alpha value is -1.66. The molecule has 2 atom stereocenters. The second kappa shape index (κ2) is 10.9. The van der Waals surface area contributed by atoms with Gasteiger partial charge in [-0.05, 0) is 80.6 Å². The molecule has 2 N–H and O–H groups in total. The first-order valence-electron chi connectivity index (χ1n) is 9.96. The van der Waals surface area contributed by atoms with Crippen molar-refractivity contribution in [3.05, 3.63) is 65.0 Å². The average molecular weight is 424 g/mol. The lowest BCUT2D eigenvalue weighted by Crippen LogP contribution is -2.41. The molecule has 0 spiro atoms. The fourth-order valence-corrected chi connectivity index (χ4v) is 3.78. The molecule has 1 saturated heterocycles. The number of likely N-dealkylation sites (tertiary alicyclic amines) is 1. The van der Waals surface area contributed by atoms with Crippen molar-refractivity contribution in [2.75, 3.05) is 26.2 Å². The summed E-state index contributed by atoms with van der Waals surface area (Å²) < 4.78 is 18.9. The number of aliphatic hydroxyl groups excluding tert-OH is 2. The fraction of sp³-hybridized carbons (Fsp3) is 0.478. The third-order valence-corrected chi connectivity index (χ3v) is 5.53. The number of halogens is 2. The topological polar surface area (TPSA) is 52.9 Å². The molecule has 0 aromatic heterocycles. The van der Waals surface area contributed by atoms with Crippen LogP contribution in [0.4, 0.5) is 4.39 Å². The van der Waals surface area contributed by atoms with Crippen LogP contribution in [-0.2, 0) is 0 Å². The normalized spacial score (nSPS) is 17.4. The van der Waals surface area contributed by atoms with Gasteiger partial charge in [0, 0.05) is 6.54 Å². The van der Waals surface area contributed by atoms with Gasteiger partial charge in [-0.25, -0.2) is 4.39 Å². The summed E-state index contributed by atoms with van der Waals surface area (Å²) in [6, 6.07) is 12.1. The number of nitrogens with zero attached hydrogens (tertiary/aromatic N) is 1. The highest BCUT2D eigenvalue weighted by Gasteiger charge is 2.27. The molecule has 4 nitrogen and oxygen atoms in total. The lowest BCUT2D eigenvalue weighted by molar-refractivity contribution is 0.0277. The molecule has 0 amide bonds. The van der Waals surface area contributed by atoms with Crippen molar-refractivity contribution in [1.82, 2.24) is 4.90 Å². The van der Waals surface area contributed by atoms with E-state index in [9.17, 15) is 14.6 Å². The zero-order valence-electron chi connectivity index (χ0n) is 17.1. The van der Waals surface area contributed by atoms with Gasteiger partial charge in [0.25, 0.3) is 0 Å². The minimum Gasteiger partial charge on any atom is -0.491 e. The zero-order chi connectivity index (χ0) is 20.1. The number of aryl methyl sites for hydroxylation is 2. The van der Waals surface area contributed by atoms with E-state index < -0.39 is 12.2 Å². The lowest BCUT2D eigenvalue weighted by Gasteiger charge is -2.35. The van der Waals surface area contributed by atoms with Crippen molar-refractivity contribution in [3.63, 3.8) is 0 Å². The number of aliphatic hydroxyl groups is 2. The van der Waals surface area contributed by atoms with Crippen LogP contribution in [0.2, 0.25) is 0 Å². The van der Waals surface area contributed by atoms with E-state index in [0.29, 0.717) is 6.54 Å². The Morgan fingerprint density at radius 3 is 2.38 bits per heavy atom. The molecule has 2 aromatic carbocycles. The molecule has 1 aliphatic heterocycles. The monoisotopic (exact) mass is 423 g/mol. The Morgan fingerprint density at radius 1 is 1.07 bits per heavy atom. The van der Waals surface area contributed by atoms with Crippen LogP contribution in [0.3, 0.4) is 0 Å². The van der Waals surface area contributed by atoms with Crippen molar-refractivity contribution < 1.29 is 19.3 Å². The molecule has 0 aliphatic carbocycles. The van der Waals surface area contributed by atoms with Gasteiger partial charge in [-0.2, -0.15) is 0 Å². The Labute approximate surface area is 178 Å². The number of hydrogen-bond acceptors (Lipinski definition) is 4. The van der Waals surface area contributed by atoms with Crippen LogP contribution in [0.5, 0.6) is 5.75 Å². The van der Waals surface area contributed by atoms with Crippen LogP contribution in [0, 0.1) is 25.6 Å². The third-order valence-electron chi connectivity index (χ3n) is 5.53. The van der Waals surface area contributed by atoms with E-state index in [-0.39, 0.29) is 30.7 Å². The van der Waals surface area contributed by atoms with Crippen LogP contribution < -0.4 is 4.74 Å². The van der Waals surface area contributed by atoms with E-state index in [1.54, 1.807) is 12.1 Å². The second-order valence-electron chi connectivity index (χ2n) is 7.87. The van der Waals surface area contributed by atoms with Gasteiger partial charge in [0.2, 0.25) is 0 Å². The largest absolute Gasteiger partial charge is 0.491 e. The Balaban J connectivity index is 0.00000300. The van der Waals surface area contributed by atoms with Crippen LogP contribution in [0.1, 0.15) is 35.6 Å². The van der Waals surface area contributed by atoms with Gasteiger partial charge in [0.1, 0.15) is 24.3 Å². The molecule has 1 heterocycles. The van der Waals surface area contributed by atoms with Crippen molar-refractivity contribution in [2.45, 2.75) is 38.9 Å². The average Bonchev–Trinajstić information content (AvgIpc) is 2.69. The van der Waals surface area contributed by atoms with Crippen LogP contribution >= 0.6 is 12.4 Å². The van der Waals surface area contributed by atoms with Gasteiger partial charge in [-0.1, -0.05) is 24.3 Å². The molecule has 29 heavy (non-hydrogen) atoms. The molecule has 2 unspecified atom stereocenters. The molecule has 0 bridgehead atoms. The summed E-state index contributed by atoms with van der Waals surface area (Å²) in [5.74, 6) is 0.688. The summed E-state index contributed by atoms with van der Waals surface area (Å²) >= 11 is 0. The Kier molecular flexibility index (Phi) is 8.90. The molecule has 1 fully saturated rings. The van der Waals surface area contributed by atoms with Crippen molar-refractivity contribution >= 4 is 12.4 Å². The summed E-state index contributed by atoms with van der Waals surface area (Å²) in [6.45, 7) is 6.49. The summed E-state index contributed by atoms with van der Waals surface area (Å²) in [4.78, 5) is 2.21. The number of ether oxygens (including phenoxy) is 1. The SMILES string of the molecule is Cc1ccc(C)c(OCC(O)CN2CCC(C(O)c3ccc(F)cc3)CC2)c1.Cl.